The topological polar surface area (TPSA) is 32.9 Å². The quantitative estimate of drug-likeness (QED) is 0.688. The van der Waals surface area contributed by atoms with E-state index < -0.39 is 0 Å². The average molecular weight is 195 g/mol. The van der Waals surface area contributed by atoms with Gasteiger partial charge in [-0.2, -0.15) is 0 Å². The summed E-state index contributed by atoms with van der Waals surface area (Å²) >= 11 is 1.27. The number of H-pyrrole nitrogens is 1. The Morgan fingerprint density at radius 3 is 2.62 bits per heavy atom. The van der Waals surface area contributed by atoms with Crippen molar-refractivity contribution >= 4 is 21.6 Å². The molecule has 0 atom stereocenters. The van der Waals surface area contributed by atoms with Crippen molar-refractivity contribution in [2.45, 2.75) is 20.8 Å². The van der Waals surface area contributed by atoms with Gasteiger partial charge < -0.3 is 4.98 Å². The van der Waals surface area contributed by atoms with Gasteiger partial charge in [-0.25, -0.2) is 0 Å². The molecule has 0 spiro atoms. The highest BCUT2D eigenvalue weighted by atomic mass is 32.1. The van der Waals surface area contributed by atoms with Crippen molar-refractivity contribution in [3.05, 3.63) is 33.4 Å². The van der Waals surface area contributed by atoms with Gasteiger partial charge in [0.25, 0.3) is 0 Å². The third-order valence-corrected chi connectivity index (χ3v) is 2.68. The van der Waals surface area contributed by atoms with Gasteiger partial charge in [-0.1, -0.05) is 37.3 Å². The SMILES string of the molecule is CC.Cc1cccc2[nH]c(=O)sc12. The lowest BCUT2D eigenvalue weighted by Gasteiger charge is -1.90. The van der Waals surface area contributed by atoms with Gasteiger partial charge >= 0.3 is 4.87 Å². The predicted molar refractivity (Wildman–Crippen MR) is 58.5 cm³/mol. The molecule has 1 aromatic carbocycles. The lowest BCUT2D eigenvalue weighted by Crippen LogP contribution is -1.89. The minimum Gasteiger partial charge on any atom is -0.312 e. The summed E-state index contributed by atoms with van der Waals surface area (Å²) in [5, 5.41) is 0. The number of fused-ring (bicyclic) bond motifs is 1. The maximum atomic E-state index is 10.9. The van der Waals surface area contributed by atoms with E-state index in [0.717, 1.165) is 15.8 Å². The number of aromatic nitrogens is 1. The van der Waals surface area contributed by atoms with E-state index in [1.165, 1.54) is 11.3 Å². The van der Waals surface area contributed by atoms with Crippen molar-refractivity contribution in [1.29, 1.82) is 0 Å². The Morgan fingerprint density at radius 1 is 1.31 bits per heavy atom. The minimum absolute atomic E-state index is 0.0225. The van der Waals surface area contributed by atoms with E-state index in [4.69, 9.17) is 0 Å². The first-order valence-electron chi connectivity index (χ1n) is 4.36. The first-order valence-corrected chi connectivity index (χ1v) is 5.17. The van der Waals surface area contributed by atoms with Crippen LogP contribution in [-0.4, -0.2) is 4.98 Å². The first kappa shape index (κ1) is 9.99. The minimum atomic E-state index is 0.0225. The predicted octanol–water partition coefficient (Wildman–Crippen LogP) is 2.92. The van der Waals surface area contributed by atoms with E-state index in [1.807, 2.05) is 39.0 Å². The van der Waals surface area contributed by atoms with Crippen LogP contribution in [0, 0.1) is 6.92 Å². The molecule has 0 saturated carbocycles. The maximum absolute atomic E-state index is 10.9. The van der Waals surface area contributed by atoms with E-state index in [0.29, 0.717) is 0 Å². The molecular formula is C10H13NOS. The summed E-state index contributed by atoms with van der Waals surface area (Å²) in [4.78, 5) is 13.7. The second kappa shape index (κ2) is 4.23. The van der Waals surface area contributed by atoms with Gasteiger partial charge in [0.15, 0.2) is 0 Å². The third-order valence-electron chi connectivity index (χ3n) is 1.64. The van der Waals surface area contributed by atoms with Crippen molar-refractivity contribution in [3.63, 3.8) is 0 Å². The number of aromatic amines is 1. The van der Waals surface area contributed by atoms with Crippen LogP contribution in [0.2, 0.25) is 0 Å². The van der Waals surface area contributed by atoms with Crippen LogP contribution in [0.1, 0.15) is 19.4 Å². The zero-order valence-corrected chi connectivity index (χ0v) is 8.87. The Bertz CT molecular complexity index is 441. The molecule has 1 N–H and O–H groups in total. The molecule has 0 saturated heterocycles. The standard InChI is InChI=1S/C8H7NOS.C2H6/c1-5-3-2-4-6-7(5)11-8(10)9-6;1-2/h2-4H,1H3,(H,9,10);1-2H3. The molecule has 3 heteroatoms. The molecule has 0 aliphatic heterocycles. The van der Waals surface area contributed by atoms with Crippen molar-refractivity contribution in [3.8, 4) is 0 Å². The van der Waals surface area contributed by atoms with Crippen LogP contribution >= 0.6 is 11.3 Å². The lowest BCUT2D eigenvalue weighted by atomic mass is 10.2. The normalized spacial score (nSPS) is 9.46. The van der Waals surface area contributed by atoms with Crippen molar-refractivity contribution in [2.75, 3.05) is 0 Å². The molecule has 70 valence electrons. The van der Waals surface area contributed by atoms with Gasteiger partial charge in [0.05, 0.1) is 10.2 Å². The summed E-state index contributed by atoms with van der Waals surface area (Å²) in [6.45, 7) is 6.01. The van der Waals surface area contributed by atoms with Crippen LogP contribution in [0.5, 0.6) is 0 Å². The van der Waals surface area contributed by atoms with Crippen LogP contribution in [0.15, 0.2) is 23.0 Å². The number of benzene rings is 1. The van der Waals surface area contributed by atoms with E-state index in [9.17, 15) is 4.79 Å². The molecule has 1 aromatic heterocycles. The Balaban J connectivity index is 0.000000396. The molecule has 0 aliphatic carbocycles. The summed E-state index contributed by atoms with van der Waals surface area (Å²) in [5.74, 6) is 0. The molecule has 0 radical (unpaired) electrons. The highest BCUT2D eigenvalue weighted by molar-refractivity contribution is 7.16. The van der Waals surface area contributed by atoms with Gasteiger partial charge in [-0.15, -0.1) is 0 Å². The lowest BCUT2D eigenvalue weighted by molar-refractivity contribution is 1.40. The molecule has 13 heavy (non-hydrogen) atoms. The van der Waals surface area contributed by atoms with Crippen molar-refractivity contribution in [1.82, 2.24) is 4.98 Å². The summed E-state index contributed by atoms with van der Waals surface area (Å²) < 4.78 is 1.07. The van der Waals surface area contributed by atoms with E-state index in [1.54, 1.807) is 0 Å². The van der Waals surface area contributed by atoms with E-state index in [2.05, 4.69) is 4.98 Å². The number of rotatable bonds is 0. The fourth-order valence-electron chi connectivity index (χ4n) is 1.11. The maximum Gasteiger partial charge on any atom is 0.305 e. The van der Waals surface area contributed by atoms with E-state index >= 15 is 0 Å². The highest BCUT2D eigenvalue weighted by Crippen LogP contribution is 2.17. The van der Waals surface area contributed by atoms with Crippen LogP contribution in [0.3, 0.4) is 0 Å². The molecule has 2 aromatic rings. The van der Waals surface area contributed by atoms with Gasteiger partial charge in [0.2, 0.25) is 0 Å². The van der Waals surface area contributed by atoms with Crippen molar-refractivity contribution in [2.24, 2.45) is 0 Å². The Morgan fingerprint density at radius 2 is 2.00 bits per heavy atom. The molecule has 0 aliphatic rings. The van der Waals surface area contributed by atoms with Crippen LogP contribution in [-0.2, 0) is 0 Å². The zero-order valence-electron chi connectivity index (χ0n) is 8.05. The number of thiazole rings is 1. The summed E-state index contributed by atoms with van der Waals surface area (Å²) in [7, 11) is 0. The zero-order chi connectivity index (χ0) is 9.84. The van der Waals surface area contributed by atoms with Crippen molar-refractivity contribution < 1.29 is 0 Å². The molecule has 0 unspecified atom stereocenters. The number of hydrogen-bond acceptors (Lipinski definition) is 2. The first-order chi connectivity index (χ1) is 6.27. The largest absolute Gasteiger partial charge is 0.312 e. The third kappa shape index (κ3) is 1.98. The molecule has 0 fully saturated rings. The second-order valence-electron chi connectivity index (χ2n) is 2.47. The fourth-order valence-corrected chi connectivity index (χ4v) is 1.92. The Hall–Kier alpha value is -1.09. The number of hydrogen-bond donors (Lipinski definition) is 1. The number of aryl methyl sites for hydroxylation is 1. The molecule has 0 amide bonds. The summed E-state index contributed by atoms with van der Waals surface area (Å²) in [6.07, 6.45) is 0. The molecule has 0 bridgehead atoms. The number of nitrogens with one attached hydrogen (secondary N) is 1. The molecule has 1 heterocycles. The van der Waals surface area contributed by atoms with Gasteiger partial charge in [-0.3, -0.25) is 4.79 Å². The Labute approximate surface area is 81.2 Å². The van der Waals surface area contributed by atoms with Crippen LogP contribution < -0.4 is 4.87 Å². The summed E-state index contributed by atoms with van der Waals surface area (Å²) in [6, 6.07) is 5.87. The Kier molecular flexibility index (Phi) is 3.25. The average Bonchev–Trinajstić information content (AvgIpc) is 2.51. The highest BCUT2D eigenvalue weighted by Gasteiger charge is 1.99. The second-order valence-corrected chi connectivity index (χ2v) is 3.45. The fraction of sp³-hybridized carbons (Fsp3) is 0.300. The smallest absolute Gasteiger partial charge is 0.305 e. The van der Waals surface area contributed by atoms with Crippen LogP contribution in [0.25, 0.3) is 10.2 Å². The monoisotopic (exact) mass is 195 g/mol. The van der Waals surface area contributed by atoms with Crippen LogP contribution in [0.4, 0.5) is 0 Å². The van der Waals surface area contributed by atoms with E-state index in [-0.39, 0.29) is 4.87 Å². The van der Waals surface area contributed by atoms with Gasteiger partial charge in [-0.05, 0) is 18.6 Å². The molecule has 2 rings (SSSR count). The summed E-state index contributed by atoms with van der Waals surface area (Å²) in [5.41, 5.74) is 2.10. The molecule has 2 nitrogen and oxygen atoms in total. The van der Waals surface area contributed by atoms with Gasteiger partial charge in [0, 0.05) is 0 Å². The van der Waals surface area contributed by atoms with Gasteiger partial charge in [0.1, 0.15) is 0 Å². The molecular weight excluding hydrogens is 182 g/mol.